The molecule has 1 aromatic carbocycles. The smallest absolute Gasteiger partial charge is 0.108 e. The van der Waals surface area contributed by atoms with Gasteiger partial charge in [-0.25, -0.2) is 4.98 Å². The summed E-state index contributed by atoms with van der Waals surface area (Å²) in [5, 5.41) is 14.2. The molecule has 0 unspecified atom stereocenters. The summed E-state index contributed by atoms with van der Waals surface area (Å²) >= 11 is 6.20. The highest BCUT2D eigenvalue weighted by Gasteiger charge is 2.15. The Balaban J connectivity index is 2.20. The molecule has 2 rings (SSSR count). The first-order valence-electron chi connectivity index (χ1n) is 7.02. The van der Waals surface area contributed by atoms with Gasteiger partial charge in [-0.15, -0.1) is 0 Å². The van der Waals surface area contributed by atoms with E-state index >= 15 is 0 Å². The van der Waals surface area contributed by atoms with Crippen LogP contribution in [-0.4, -0.2) is 22.2 Å². The van der Waals surface area contributed by atoms with Crippen LogP contribution in [0.4, 0.5) is 0 Å². The van der Waals surface area contributed by atoms with Crippen LogP contribution in [0.2, 0.25) is 5.02 Å². The number of pyridine rings is 1. The minimum Gasteiger partial charge on any atom is -0.385 e. The molecular formula is C17H21ClN2O. The van der Waals surface area contributed by atoms with E-state index in [1.807, 2.05) is 42.5 Å². The Bertz CT molecular complexity index is 608. The average Bonchev–Trinajstić information content (AvgIpc) is 2.44. The van der Waals surface area contributed by atoms with E-state index in [1.54, 1.807) is 0 Å². The Morgan fingerprint density at radius 1 is 1.14 bits per heavy atom. The number of benzene rings is 1. The zero-order valence-corrected chi connectivity index (χ0v) is 13.4. The van der Waals surface area contributed by atoms with Gasteiger partial charge in [0.05, 0.1) is 11.4 Å². The summed E-state index contributed by atoms with van der Waals surface area (Å²) in [5.74, 6) is 0. The minimum absolute atomic E-state index is 0.0403. The first-order chi connectivity index (χ1) is 9.87. The average molecular weight is 305 g/mol. The molecule has 0 bridgehead atoms. The van der Waals surface area contributed by atoms with Crippen molar-refractivity contribution in [1.82, 2.24) is 10.3 Å². The van der Waals surface area contributed by atoms with E-state index in [4.69, 9.17) is 11.6 Å². The predicted octanol–water partition coefficient (Wildman–Crippen LogP) is 3.82. The molecule has 0 aliphatic carbocycles. The lowest BCUT2D eigenvalue weighted by Gasteiger charge is -2.22. The molecule has 0 spiro atoms. The van der Waals surface area contributed by atoms with E-state index in [2.05, 4.69) is 31.1 Å². The maximum atomic E-state index is 10.3. The van der Waals surface area contributed by atoms with Crippen molar-refractivity contribution in [2.75, 3.05) is 6.54 Å². The standard InChI is InChI=1S/C17H21ClN2O/c1-17(2,3)19-11-16(21)15-10-6-9-14(20-15)12-7-4-5-8-13(12)18/h4-10,16,19,21H,11H2,1-3H3/t16-/m0/s1. The van der Waals surface area contributed by atoms with Crippen molar-refractivity contribution in [1.29, 1.82) is 0 Å². The van der Waals surface area contributed by atoms with Crippen molar-refractivity contribution in [3.8, 4) is 11.3 Å². The Hall–Kier alpha value is -1.42. The second kappa shape index (κ2) is 6.56. The van der Waals surface area contributed by atoms with Gasteiger partial charge >= 0.3 is 0 Å². The van der Waals surface area contributed by atoms with Crippen LogP contribution >= 0.6 is 11.6 Å². The molecule has 1 heterocycles. The summed E-state index contributed by atoms with van der Waals surface area (Å²) in [6, 6.07) is 13.2. The van der Waals surface area contributed by atoms with E-state index in [9.17, 15) is 5.11 Å². The van der Waals surface area contributed by atoms with Crippen LogP contribution in [0.15, 0.2) is 42.5 Å². The van der Waals surface area contributed by atoms with Crippen molar-refractivity contribution in [2.24, 2.45) is 0 Å². The predicted molar refractivity (Wildman–Crippen MR) is 87.4 cm³/mol. The largest absolute Gasteiger partial charge is 0.385 e. The number of nitrogens with zero attached hydrogens (tertiary/aromatic N) is 1. The number of β-amino-alcohol motifs (C(OH)–C–C–N with tert-alkyl or cyclic N) is 1. The number of halogens is 1. The number of aliphatic hydroxyl groups excluding tert-OH is 1. The van der Waals surface area contributed by atoms with Gasteiger partial charge in [-0.2, -0.15) is 0 Å². The van der Waals surface area contributed by atoms with E-state index in [0.29, 0.717) is 17.3 Å². The number of aliphatic hydroxyl groups is 1. The highest BCUT2D eigenvalue weighted by molar-refractivity contribution is 6.33. The molecule has 21 heavy (non-hydrogen) atoms. The fourth-order valence-electron chi connectivity index (χ4n) is 1.96. The Morgan fingerprint density at radius 3 is 2.52 bits per heavy atom. The van der Waals surface area contributed by atoms with Gasteiger partial charge in [0.1, 0.15) is 6.10 Å². The third-order valence-corrected chi connectivity index (χ3v) is 3.42. The van der Waals surface area contributed by atoms with Crippen LogP contribution in [0, 0.1) is 0 Å². The van der Waals surface area contributed by atoms with Crippen molar-refractivity contribution in [2.45, 2.75) is 32.4 Å². The molecule has 1 aromatic heterocycles. The lowest BCUT2D eigenvalue weighted by molar-refractivity contribution is 0.159. The number of aromatic nitrogens is 1. The van der Waals surface area contributed by atoms with E-state index in [1.165, 1.54) is 0 Å². The molecule has 0 amide bonds. The molecule has 0 fully saturated rings. The van der Waals surface area contributed by atoms with E-state index < -0.39 is 6.10 Å². The van der Waals surface area contributed by atoms with Gasteiger partial charge in [0, 0.05) is 22.7 Å². The number of hydrogen-bond donors (Lipinski definition) is 2. The molecule has 0 saturated heterocycles. The van der Waals surface area contributed by atoms with Gasteiger partial charge in [0.15, 0.2) is 0 Å². The zero-order chi connectivity index (χ0) is 15.5. The molecule has 4 heteroatoms. The fourth-order valence-corrected chi connectivity index (χ4v) is 2.20. The second-order valence-corrected chi connectivity index (χ2v) is 6.48. The first kappa shape index (κ1) is 16.0. The SMILES string of the molecule is CC(C)(C)NC[C@H](O)c1cccc(-c2ccccc2Cl)n1. The maximum absolute atomic E-state index is 10.3. The molecule has 0 aliphatic heterocycles. The summed E-state index contributed by atoms with van der Waals surface area (Å²) in [6.07, 6.45) is -0.647. The lowest BCUT2D eigenvalue weighted by Crippen LogP contribution is -2.38. The molecule has 2 N–H and O–H groups in total. The normalized spacial score (nSPS) is 13.2. The third-order valence-electron chi connectivity index (χ3n) is 3.09. The first-order valence-corrected chi connectivity index (χ1v) is 7.39. The Labute approximate surface area is 131 Å². The van der Waals surface area contributed by atoms with Crippen molar-refractivity contribution < 1.29 is 5.11 Å². The molecule has 112 valence electrons. The Kier molecular flexibility index (Phi) is 4.99. The lowest BCUT2D eigenvalue weighted by atomic mass is 10.1. The highest BCUT2D eigenvalue weighted by atomic mass is 35.5. The summed E-state index contributed by atoms with van der Waals surface area (Å²) in [6.45, 7) is 6.65. The summed E-state index contributed by atoms with van der Waals surface area (Å²) < 4.78 is 0. The topological polar surface area (TPSA) is 45.1 Å². The van der Waals surface area contributed by atoms with Gasteiger partial charge in [0.25, 0.3) is 0 Å². The molecule has 1 atom stereocenters. The monoisotopic (exact) mass is 304 g/mol. The van der Waals surface area contributed by atoms with Crippen LogP contribution in [0.3, 0.4) is 0 Å². The maximum Gasteiger partial charge on any atom is 0.108 e. The van der Waals surface area contributed by atoms with E-state index in [0.717, 1.165) is 11.3 Å². The Morgan fingerprint density at radius 2 is 1.86 bits per heavy atom. The van der Waals surface area contributed by atoms with Gasteiger partial charge in [-0.3, -0.25) is 0 Å². The zero-order valence-electron chi connectivity index (χ0n) is 12.6. The molecule has 3 nitrogen and oxygen atoms in total. The van der Waals surface area contributed by atoms with Gasteiger partial charge in [0.2, 0.25) is 0 Å². The summed E-state index contributed by atoms with van der Waals surface area (Å²) in [7, 11) is 0. The highest BCUT2D eigenvalue weighted by Crippen LogP contribution is 2.26. The van der Waals surface area contributed by atoms with Crippen LogP contribution in [-0.2, 0) is 0 Å². The molecular weight excluding hydrogens is 284 g/mol. The second-order valence-electron chi connectivity index (χ2n) is 6.07. The quantitative estimate of drug-likeness (QED) is 0.902. The van der Waals surface area contributed by atoms with Crippen molar-refractivity contribution in [3.63, 3.8) is 0 Å². The fraction of sp³-hybridized carbons (Fsp3) is 0.353. The number of hydrogen-bond acceptors (Lipinski definition) is 3. The van der Waals surface area contributed by atoms with Crippen LogP contribution in [0.5, 0.6) is 0 Å². The van der Waals surface area contributed by atoms with Crippen LogP contribution in [0.25, 0.3) is 11.3 Å². The van der Waals surface area contributed by atoms with E-state index in [-0.39, 0.29) is 5.54 Å². The molecule has 2 aromatic rings. The van der Waals surface area contributed by atoms with Crippen LogP contribution in [0.1, 0.15) is 32.6 Å². The molecule has 0 radical (unpaired) electrons. The number of rotatable bonds is 4. The summed E-state index contributed by atoms with van der Waals surface area (Å²) in [4.78, 5) is 4.53. The number of nitrogens with one attached hydrogen (secondary N) is 1. The summed E-state index contributed by atoms with van der Waals surface area (Å²) in [5.41, 5.74) is 2.25. The molecule has 0 saturated carbocycles. The molecule has 0 aliphatic rings. The van der Waals surface area contributed by atoms with Crippen LogP contribution < -0.4 is 5.32 Å². The van der Waals surface area contributed by atoms with Gasteiger partial charge in [-0.05, 0) is 39.0 Å². The van der Waals surface area contributed by atoms with Crippen molar-refractivity contribution >= 4 is 11.6 Å². The van der Waals surface area contributed by atoms with Gasteiger partial charge in [-0.1, -0.05) is 35.9 Å². The third kappa shape index (κ3) is 4.53. The van der Waals surface area contributed by atoms with Crippen molar-refractivity contribution in [3.05, 3.63) is 53.2 Å². The minimum atomic E-state index is -0.647. The van der Waals surface area contributed by atoms with Gasteiger partial charge < -0.3 is 10.4 Å².